The molecule has 1 aromatic rings. The van der Waals surface area contributed by atoms with Crippen LogP contribution in [-0.2, 0) is 5.41 Å². The fourth-order valence-electron chi connectivity index (χ4n) is 4.53. The van der Waals surface area contributed by atoms with Crippen LogP contribution in [0.15, 0.2) is 30.3 Å². The Kier molecular flexibility index (Phi) is 3.93. The Bertz CT molecular complexity index is 385. The Labute approximate surface area is 117 Å². The van der Waals surface area contributed by atoms with Crippen molar-refractivity contribution in [1.29, 1.82) is 0 Å². The molecule has 104 valence electrons. The summed E-state index contributed by atoms with van der Waals surface area (Å²) in [4.78, 5) is 0. The zero-order chi connectivity index (χ0) is 13.1. The average Bonchev–Trinajstić information content (AvgIpc) is 3.02. The Balaban J connectivity index is 1.91. The highest BCUT2D eigenvalue weighted by Crippen LogP contribution is 2.46. The molecule has 2 saturated carbocycles. The molecule has 0 aromatic heterocycles. The lowest BCUT2D eigenvalue weighted by Gasteiger charge is -2.45. The first-order valence-electron chi connectivity index (χ1n) is 8.14. The van der Waals surface area contributed by atoms with Crippen LogP contribution in [0.25, 0.3) is 0 Å². The van der Waals surface area contributed by atoms with Crippen LogP contribution in [0.3, 0.4) is 0 Å². The van der Waals surface area contributed by atoms with Gasteiger partial charge in [-0.1, -0.05) is 62.4 Å². The Morgan fingerprint density at radius 1 is 0.895 bits per heavy atom. The van der Waals surface area contributed by atoms with E-state index in [1.807, 2.05) is 0 Å². The zero-order valence-corrected chi connectivity index (χ0v) is 12.0. The minimum Gasteiger partial charge on any atom is -0.327 e. The van der Waals surface area contributed by atoms with Crippen LogP contribution in [-0.4, -0.2) is 6.04 Å². The molecule has 0 bridgehead atoms. The van der Waals surface area contributed by atoms with Gasteiger partial charge in [-0.3, -0.25) is 0 Å². The van der Waals surface area contributed by atoms with Gasteiger partial charge in [0, 0.05) is 11.5 Å². The number of nitrogens with two attached hydrogens (primary N) is 1. The summed E-state index contributed by atoms with van der Waals surface area (Å²) in [6, 6.07) is 11.5. The molecular formula is C18H27N. The third kappa shape index (κ3) is 2.45. The minimum absolute atomic E-state index is 0.272. The fraction of sp³-hybridized carbons (Fsp3) is 0.667. The molecule has 1 atom stereocenters. The van der Waals surface area contributed by atoms with E-state index in [0.29, 0.717) is 6.04 Å². The maximum atomic E-state index is 6.82. The molecule has 2 fully saturated rings. The molecule has 1 heteroatoms. The molecule has 1 aromatic carbocycles. The first-order chi connectivity index (χ1) is 9.33. The molecule has 1 unspecified atom stereocenters. The largest absolute Gasteiger partial charge is 0.327 e. The molecule has 0 heterocycles. The van der Waals surface area contributed by atoms with Crippen LogP contribution in [0.1, 0.15) is 63.4 Å². The first kappa shape index (κ1) is 13.2. The topological polar surface area (TPSA) is 26.0 Å². The minimum atomic E-state index is 0.272. The van der Waals surface area contributed by atoms with Crippen molar-refractivity contribution in [3.8, 4) is 0 Å². The van der Waals surface area contributed by atoms with Crippen LogP contribution in [0.2, 0.25) is 0 Å². The SMILES string of the molecule is NC(C1CCCC1)C1(c2ccccc2)CCCCC1. The molecular weight excluding hydrogens is 230 g/mol. The number of hydrogen-bond acceptors (Lipinski definition) is 1. The van der Waals surface area contributed by atoms with Gasteiger partial charge in [-0.2, -0.15) is 0 Å². The van der Waals surface area contributed by atoms with Gasteiger partial charge >= 0.3 is 0 Å². The van der Waals surface area contributed by atoms with Crippen molar-refractivity contribution in [3.05, 3.63) is 35.9 Å². The lowest BCUT2D eigenvalue weighted by molar-refractivity contribution is 0.194. The molecule has 19 heavy (non-hydrogen) atoms. The van der Waals surface area contributed by atoms with Crippen molar-refractivity contribution in [1.82, 2.24) is 0 Å². The molecule has 0 spiro atoms. The van der Waals surface area contributed by atoms with Gasteiger partial charge in [-0.15, -0.1) is 0 Å². The monoisotopic (exact) mass is 257 g/mol. The first-order valence-corrected chi connectivity index (χ1v) is 8.14. The zero-order valence-electron chi connectivity index (χ0n) is 12.0. The summed E-state index contributed by atoms with van der Waals surface area (Å²) in [5.74, 6) is 0.762. The van der Waals surface area contributed by atoms with Crippen LogP contribution >= 0.6 is 0 Å². The second-order valence-corrected chi connectivity index (χ2v) is 6.65. The summed E-state index contributed by atoms with van der Waals surface area (Å²) in [7, 11) is 0. The van der Waals surface area contributed by atoms with Gasteiger partial charge in [-0.05, 0) is 37.2 Å². The van der Waals surface area contributed by atoms with Crippen LogP contribution in [0, 0.1) is 5.92 Å². The summed E-state index contributed by atoms with van der Waals surface area (Å²) >= 11 is 0. The summed E-state index contributed by atoms with van der Waals surface area (Å²) in [6.07, 6.45) is 12.2. The highest BCUT2D eigenvalue weighted by molar-refractivity contribution is 5.29. The van der Waals surface area contributed by atoms with Crippen LogP contribution < -0.4 is 5.73 Å². The van der Waals surface area contributed by atoms with E-state index >= 15 is 0 Å². The van der Waals surface area contributed by atoms with Crippen LogP contribution in [0.4, 0.5) is 0 Å². The van der Waals surface area contributed by atoms with Gasteiger partial charge in [0.05, 0.1) is 0 Å². The molecule has 0 amide bonds. The number of rotatable bonds is 3. The van der Waals surface area contributed by atoms with Gasteiger partial charge < -0.3 is 5.73 Å². The lowest BCUT2D eigenvalue weighted by Crippen LogP contribution is -2.50. The van der Waals surface area contributed by atoms with E-state index in [-0.39, 0.29) is 5.41 Å². The second kappa shape index (κ2) is 5.66. The van der Waals surface area contributed by atoms with Gasteiger partial charge in [0.15, 0.2) is 0 Å². The summed E-state index contributed by atoms with van der Waals surface area (Å²) in [5.41, 5.74) is 8.60. The van der Waals surface area contributed by atoms with E-state index in [9.17, 15) is 0 Å². The Hall–Kier alpha value is -0.820. The summed E-state index contributed by atoms with van der Waals surface area (Å²) in [5, 5.41) is 0. The lowest BCUT2D eigenvalue weighted by atomic mass is 9.62. The van der Waals surface area contributed by atoms with E-state index in [1.165, 1.54) is 63.4 Å². The van der Waals surface area contributed by atoms with E-state index in [2.05, 4.69) is 30.3 Å². The molecule has 0 saturated heterocycles. The molecule has 1 nitrogen and oxygen atoms in total. The van der Waals surface area contributed by atoms with Crippen molar-refractivity contribution in [2.75, 3.05) is 0 Å². The molecule has 0 aliphatic heterocycles. The van der Waals surface area contributed by atoms with Gasteiger partial charge in [0.2, 0.25) is 0 Å². The Morgan fingerprint density at radius 3 is 2.16 bits per heavy atom. The maximum absolute atomic E-state index is 6.82. The van der Waals surface area contributed by atoms with Crippen molar-refractivity contribution >= 4 is 0 Å². The van der Waals surface area contributed by atoms with E-state index in [4.69, 9.17) is 5.73 Å². The summed E-state index contributed by atoms with van der Waals surface area (Å²) in [6.45, 7) is 0. The predicted octanol–water partition coefficient (Wildman–Crippen LogP) is 4.41. The third-order valence-electron chi connectivity index (χ3n) is 5.64. The summed E-state index contributed by atoms with van der Waals surface area (Å²) < 4.78 is 0. The quantitative estimate of drug-likeness (QED) is 0.853. The van der Waals surface area contributed by atoms with Crippen molar-refractivity contribution < 1.29 is 0 Å². The van der Waals surface area contributed by atoms with Gasteiger partial charge in [-0.25, -0.2) is 0 Å². The molecule has 0 radical (unpaired) electrons. The molecule has 2 aliphatic carbocycles. The highest BCUT2D eigenvalue weighted by Gasteiger charge is 2.43. The molecule has 2 N–H and O–H groups in total. The Morgan fingerprint density at radius 2 is 1.53 bits per heavy atom. The molecule has 3 rings (SSSR count). The van der Waals surface area contributed by atoms with E-state index in [1.54, 1.807) is 0 Å². The normalized spacial score (nSPS) is 25.3. The maximum Gasteiger partial charge on any atom is 0.0165 e. The van der Waals surface area contributed by atoms with E-state index < -0.39 is 0 Å². The van der Waals surface area contributed by atoms with Crippen LogP contribution in [0.5, 0.6) is 0 Å². The molecule has 2 aliphatic rings. The standard InChI is InChI=1S/C18H27N/c19-17(15-9-5-6-10-15)18(13-7-2-8-14-18)16-11-3-1-4-12-16/h1,3-4,11-12,15,17H,2,5-10,13-14,19H2. The fourth-order valence-corrected chi connectivity index (χ4v) is 4.53. The van der Waals surface area contributed by atoms with Crippen molar-refractivity contribution in [3.63, 3.8) is 0 Å². The van der Waals surface area contributed by atoms with Gasteiger partial charge in [0.1, 0.15) is 0 Å². The van der Waals surface area contributed by atoms with E-state index in [0.717, 1.165) is 5.92 Å². The van der Waals surface area contributed by atoms with Crippen molar-refractivity contribution in [2.24, 2.45) is 11.7 Å². The second-order valence-electron chi connectivity index (χ2n) is 6.65. The predicted molar refractivity (Wildman–Crippen MR) is 81.1 cm³/mol. The van der Waals surface area contributed by atoms with Gasteiger partial charge in [0.25, 0.3) is 0 Å². The number of benzene rings is 1. The van der Waals surface area contributed by atoms with Crippen molar-refractivity contribution in [2.45, 2.75) is 69.2 Å². The number of hydrogen-bond donors (Lipinski definition) is 1. The average molecular weight is 257 g/mol. The third-order valence-corrected chi connectivity index (χ3v) is 5.64. The highest BCUT2D eigenvalue weighted by atomic mass is 14.7. The smallest absolute Gasteiger partial charge is 0.0165 e.